The molecule has 3 fully saturated rings. The van der Waals surface area contributed by atoms with Crippen LogP contribution in [0.2, 0.25) is 0 Å². The molecule has 0 unspecified atom stereocenters. The number of hydrogen-bond donors (Lipinski definition) is 1. The van der Waals surface area contributed by atoms with Crippen LogP contribution in [0.3, 0.4) is 0 Å². The molecule has 3 rings (SSSR count). The molecule has 86 valence electrons. The van der Waals surface area contributed by atoms with Crippen molar-refractivity contribution in [2.75, 3.05) is 6.54 Å². The minimum absolute atomic E-state index is 0.176. The van der Waals surface area contributed by atoms with E-state index in [0.29, 0.717) is 0 Å². The van der Waals surface area contributed by atoms with Crippen LogP contribution in [0.5, 0.6) is 0 Å². The van der Waals surface area contributed by atoms with E-state index in [9.17, 15) is 14.4 Å². The van der Waals surface area contributed by atoms with Gasteiger partial charge in [0.15, 0.2) is 0 Å². The van der Waals surface area contributed by atoms with Crippen LogP contribution in [0.1, 0.15) is 12.8 Å². The third kappa shape index (κ3) is 1.07. The molecule has 3 saturated heterocycles. The summed E-state index contributed by atoms with van der Waals surface area (Å²) >= 11 is 0. The summed E-state index contributed by atoms with van der Waals surface area (Å²) < 4.78 is 5.52. The number of likely N-dealkylation sites (tertiary alicyclic amines) is 1. The molecule has 3 heterocycles. The molecule has 2 bridgehead atoms. The minimum Gasteiger partial charge on any atom is -0.480 e. The molecule has 0 radical (unpaired) electrons. The van der Waals surface area contributed by atoms with Gasteiger partial charge in [-0.1, -0.05) is 0 Å². The summed E-state index contributed by atoms with van der Waals surface area (Å²) in [7, 11) is 0. The van der Waals surface area contributed by atoms with E-state index in [2.05, 4.69) is 0 Å². The summed E-state index contributed by atoms with van der Waals surface area (Å²) in [4.78, 5) is 35.2. The smallest absolute Gasteiger partial charge is 0.323 e. The highest BCUT2D eigenvalue weighted by Crippen LogP contribution is 2.48. The van der Waals surface area contributed by atoms with Gasteiger partial charge in [0, 0.05) is 0 Å². The average molecular weight is 225 g/mol. The second-order valence-electron chi connectivity index (χ2n) is 4.50. The molecule has 3 aliphatic heterocycles. The Morgan fingerprint density at radius 1 is 1.25 bits per heavy atom. The van der Waals surface area contributed by atoms with Crippen LogP contribution >= 0.6 is 0 Å². The number of nitrogens with zero attached hydrogens (tertiary/aromatic N) is 1. The van der Waals surface area contributed by atoms with Crippen molar-refractivity contribution in [2.45, 2.75) is 25.0 Å². The quantitative estimate of drug-likeness (QED) is 0.624. The Kier molecular flexibility index (Phi) is 1.85. The van der Waals surface area contributed by atoms with Gasteiger partial charge in [-0.05, 0) is 12.8 Å². The van der Waals surface area contributed by atoms with Crippen LogP contribution in [0, 0.1) is 11.8 Å². The Labute approximate surface area is 91.2 Å². The number of ether oxygens (including phenoxy) is 1. The number of carbonyl (C=O) groups is 3. The van der Waals surface area contributed by atoms with Gasteiger partial charge >= 0.3 is 5.97 Å². The third-order valence-electron chi connectivity index (χ3n) is 3.67. The zero-order chi connectivity index (χ0) is 11.4. The highest BCUT2D eigenvalue weighted by molar-refractivity contribution is 6.07. The van der Waals surface area contributed by atoms with Crippen LogP contribution in [0.25, 0.3) is 0 Å². The first-order valence-electron chi connectivity index (χ1n) is 5.32. The third-order valence-corrected chi connectivity index (χ3v) is 3.67. The van der Waals surface area contributed by atoms with E-state index in [1.807, 2.05) is 0 Å². The van der Waals surface area contributed by atoms with Crippen LogP contribution in [-0.2, 0) is 19.1 Å². The number of carboxylic acids is 1. The molecule has 16 heavy (non-hydrogen) atoms. The normalized spacial score (nSPS) is 40.6. The maximum Gasteiger partial charge on any atom is 0.323 e. The molecular weight excluding hydrogens is 214 g/mol. The lowest BCUT2D eigenvalue weighted by Crippen LogP contribution is -2.38. The van der Waals surface area contributed by atoms with Crippen LogP contribution < -0.4 is 0 Å². The van der Waals surface area contributed by atoms with E-state index in [1.165, 1.54) is 0 Å². The van der Waals surface area contributed by atoms with Gasteiger partial charge in [-0.2, -0.15) is 0 Å². The lowest BCUT2D eigenvalue weighted by molar-refractivity contribution is -0.151. The van der Waals surface area contributed by atoms with Crippen molar-refractivity contribution in [3.8, 4) is 0 Å². The molecule has 0 aromatic carbocycles. The predicted octanol–water partition coefficient (Wildman–Crippen LogP) is -0.767. The van der Waals surface area contributed by atoms with Gasteiger partial charge in [0.05, 0.1) is 24.0 Å². The maximum absolute atomic E-state index is 11.9. The van der Waals surface area contributed by atoms with E-state index in [-0.39, 0.29) is 24.0 Å². The van der Waals surface area contributed by atoms with E-state index in [0.717, 1.165) is 17.7 Å². The Morgan fingerprint density at radius 2 is 1.75 bits per heavy atom. The zero-order valence-corrected chi connectivity index (χ0v) is 8.46. The van der Waals surface area contributed by atoms with E-state index in [1.54, 1.807) is 0 Å². The number of carbonyl (C=O) groups excluding carboxylic acids is 2. The molecule has 2 amide bonds. The van der Waals surface area contributed by atoms with Crippen molar-refractivity contribution in [3.63, 3.8) is 0 Å². The number of aliphatic carboxylic acids is 1. The molecule has 0 aliphatic carbocycles. The largest absolute Gasteiger partial charge is 0.480 e. The van der Waals surface area contributed by atoms with Gasteiger partial charge < -0.3 is 9.84 Å². The molecule has 6 heteroatoms. The number of hydrogen-bond acceptors (Lipinski definition) is 4. The number of imide groups is 1. The first kappa shape index (κ1) is 9.77. The Balaban J connectivity index is 1.89. The first-order valence-corrected chi connectivity index (χ1v) is 5.32. The molecular formula is C10H11NO5. The highest BCUT2D eigenvalue weighted by atomic mass is 16.5. The molecule has 0 aromatic rings. The number of rotatable bonds is 2. The van der Waals surface area contributed by atoms with Gasteiger partial charge in [0.1, 0.15) is 6.54 Å². The van der Waals surface area contributed by atoms with Crippen molar-refractivity contribution in [1.82, 2.24) is 4.90 Å². The Hall–Kier alpha value is -1.43. The SMILES string of the molecule is O=C(O)CN1C(=O)[C@@H]2[C@H](C1=O)[C@H]1CC[C@@H]2O1. The Bertz CT molecular complexity index is 365. The predicted molar refractivity (Wildman–Crippen MR) is 49.2 cm³/mol. The number of amides is 2. The molecule has 4 atom stereocenters. The van der Waals surface area contributed by atoms with Gasteiger partial charge in [0.2, 0.25) is 11.8 Å². The fraction of sp³-hybridized carbons (Fsp3) is 0.700. The van der Waals surface area contributed by atoms with Crippen molar-refractivity contribution in [3.05, 3.63) is 0 Å². The molecule has 1 N–H and O–H groups in total. The fourth-order valence-electron chi connectivity index (χ4n) is 3.06. The molecule has 3 aliphatic rings. The monoisotopic (exact) mass is 225 g/mol. The van der Waals surface area contributed by atoms with Crippen molar-refractivity contribution in [1.29, 1.82) is 0 Å². The molecule has 0 saturated carbocycles. The van der Waals surface area contributed by atoms with Crippen LogP contribution in [0.15, 0.2) is 0 Å². The van der Waals surface area contributed by atoms with E-state index < -0.39 is 24.3 Å². The van der Waals surface area contributed by atoms with Gasteiger partial charge in [-0.3, -0.25) is 19.3 Å². The lowest BCUT2D eigenvalue weighted by Gasteiger charge is -2.15. The van der Waals surface area contributed by atoms with Crippen LogP contribution in [0.4, 0.5) is 0 Å². The summed E-state index contributed by atoms with van der Waals surface area (Å²) in [6.07, 6.45) is 1.24. The fourth-order valence-corrected chi connectivity index (χ4v) is 3.06. The summed E-state index contributed by atoms with van der Waals surface area (Å²) in [6.45, 7) is -0.524. The first-order chi connectivity index (χ1) is 7.59. The van der Waals surface area contributed by atoms with Gasteiger partial charge in [-0.25, -0.2) is 0 Å². The molecule has 0 spiro atoms. The molecule has 6 nitrogen and oxygen atoms in total. The topological polar surface area (TPSA) is 83.9 Å². The van der Waals surface area contributed by atoms with Gasteiger partial charge in [0.25, 0.3) is 0 Å². The molecule has 0 aromatic heterocycles. The van der Waals surface area contributed by atoms with Crippen LogP contribution in [-0.4, -0.2) is 46.5 Å². The summed E-state index contributed by atoms with van der Waals surface area (Å²) in [5.41, 5.74) is 0. The van der Waals surface area contributed by atoms with E-state index >= 15 is 0 Å². The maximum atomic E-state index is 11.9. The standard InChI is InChI=1S/C10H11NO5/c12-6(13)3-11-9(14)7-4-1-2-5(16-4)8(7)10(11)15/h4-5,7-8H,1-3H2,(H,12,13)/t4-,5+,7-,8+. The summed E-state index contributed by atoms with van der Waals surface area (Å²) in [5.74, 6) is -2.75. The number of fused-ring (bicyclic) bond motifs is 5. The summed E-state index contributed by atoms with van der Waals surface area (Å²) in [5, 5.41) is 8.64. The Morgan fingerprint density at radius 3 is 2.19 bits per heavy atom. The average Bonchev–Trinajstić information content (AvgIpc) is 2.87. The number of carboxylic acid groups (broad SMARTS) is 1. The van der Waals surface area contributed by atoms with Gasteiger partial charge in [-0.15, -0.1) is 0 Å². The minimum atomic E-state index is -1.16. The second-order valence-corrected chi connectivity index (χ2v) is 4.50. The lowest BCUT2D eigenvalue weighted by atomic mass is 9.81. The van der Waals surface area contributed by atoms with E-state index in [4.69, 9.17) is 9.84 Å². The van der Waals surface area contributed by atoms with Crippen molar-refractivity contribution < 1.29 is 24.2 Å². The highest BCUT2D eigenvalue weighted by Gasteiger charge is 2.62. The van der Waals surface area contributed by atoms with Crippen molar-refractivity contribution in [2.24, 2.45) is 11.8 Å². The van der Waals surface area contributed by atoms with Crippen molar-refractivity contribution >= 4 is 17.8 Å². The second kappa shape index (κ2) is 3.04. The zero-order valence-electron chi connectivity index (χ0n) is 8.46. The summed E-state index contributed by atoms with van der Waals surface area (Å²) in [6, 6.07) is 0.